The van der Waals surface area contributed by atoms with Gasteiger partial charge in [-0.15, -0.1) is 0 Å². The Morgan fingerprint density at radius 2 is 2.00 bits per heavy atom. The van der Waals surface area contributed by atoms with Gasteiger partial charge < -0.3 is 0 Å². The number of rotatable bonds is 4. The number of alkyl halides is 3. The smallest absolute Gasteiger partial charge is 0.258 e. The normalized spacial score (nSPS) is 11.6. The van der Waals surface area contributed by atoms with Crippen LogP contribution < -0.4 is 0 Å². The van der Waals surface area contributed by atoms with Crippen LogP contribution in [-0.2, 0) is 4.79 Å². The van der Waals surface area contributed by atoms with Crippen molar-refractivity contribution in [2.24, 2.45) is 0 Å². The summed E-state index contributed by atoms with van der Waals surface area (Å²) in [6.45, 7) is -1.14. The summed E-state index contributed by atoms with van der Waals surface area (Å²) in [5.74, 6) is -3.28. The average molecular weight is 175 g/mol. The second-order valence-corrected chi connectivity index (χ2v) is 2.25. The third-order valence-corrected chi connectivity index (χ3v) is 0.991. The molecule has 0 saturated heterocycles. The van der Waals surface area contributed by atoms with Crippen LogP contribution in [0.4, 0.5) is 13.2 Å². The third kappa shape index (κ3) is 4.61. The first kappa shape index (κ1) is 9.75. The summed E-state index contributed by atoms with van der Waals surface area (Å²) in [5, 5.41) is -1.14. The zero-order valence-corrected chi connectivity index (χ0v) is 5.80. The fourth-order valence-corrected chi connectivity index (χ4v) is 0.625. The maximum atomic E-state index is 12.1. The molecule has 5 heteroatoms. The Morgan fingerprint density at radius 3 is 2.30 bits per heavy atom. The molecule has 0 aromatic carbocycles. The van der Waals surface area contributed by atoms with E-state index in [4.69, 9.17) is 0 Å². The van der Waals surface area contributed by atoms with Crippen LogP contribution in [-0.4, -0.2) is 17.8 Å². The van der Waals surface area contributed by atoms with Crippen molar-refractivity contribution in [3.8, 4) is 0 Å². The van der Waals surface area contributed by atoms with Crippen molar-refractivity contribution in [3.63, 3.8) is 0 Å². The minimum atomic E-state index is -3.28. The van der Waals surface area contributed by atoms with Crippen molar-refractivity contribution in [1.29, 1.82) is 0 Å². The monoisotopic (exact) mass is 174 g/mol. The fourth-order valence-electron chi connectivity index (χ4n) is 0.430. The van der Waals surface area contributed by atoms with E-state index in [2.05, 4.69) is 11.6 Å². The number of carbonyl (C=O) groups excluding carboxylic acids is 1. The molecular weight excluding hydrogens is 169 g/mol. The first-order valence-corrected chi connectivity index (χ1v) is 2.98. The van der Waals surface area contributed by atoms with Crippen molar-refractivity contribution in [1.82, 2.24) is 0 Å². The van der Waals surface area contributed by atoms with Crippen LogP contribution in [0.1, 0.15) is 12.8 Å². The Bertz CT molecular complexity index is 126. The van der Waals surface area contributed by atoms with E-state index in [-0.39, 0.29) is 0 Å². The van der Waals surface area contributed by atoms with Gasteiger partial charge in [-0.2, -0.15) is 0 Å². The van der Waals surface area contributed by atoms with Gasteiger partial charge in [0.25, 0.3) is 5.92 Å². The lowest BCUT2D eigenvalue weighted by molar-refractivity contribution is -0.119. The molecule has 0 fully saturated rings. The van der Waals surface area contributed by atoms with Crippen LogP contribution in [0.2, 0.25) is 0 Å². The molecule has 0 aliphatic carbocycles. The van der Waals surface area contributed by atoms with Crippen LogP contribution in [0.3, 0.4) is 0 Å². The van der Waals surface area contributed by atoms with Crippen LogP contribution in [0, 0.1) is 0 Å². The predicted molar refractivity (Wildman–Crippen MR) is 31.0 cm³/mol. The summed E-state index contributed by atoms with van der Waals surface area (Å²) in [6, 6.07) is 0. The molecule has 0 spiro atoms. The summed E-state index contributed by atoms with van der Waals surface area (Å²) in [6.07, 6.45) is -2.02. The molecule has 10 heavy (non-hydrogen) atoms. The molecule has 0 rings (SSSR count). The van der Waals surface area contributed by atoms with E-state index in [9.17, 15) is 18.0 Å². The molecule has 0 saturated carbocycles. The second kappa shape index (κ2) is 3.81. The minimum absolute atomic E-state index is 0.939. The summed E-state index contributed by atoms with van der Waals surface area (Å²) in [5.41, 5.74) is 0. The van der Waals surface area contributed by atoms with Crippen molar-refractivity contribution in [2.75, 3.05) is 6.67 Å². The third-order valence-electron chi connectivity index (χ3n) is 0.858. The molecule has 0 radical (unpaired) electrons. The molecule has 0 N–H and O–H groups in total. The highest BCUT2D eigenvalue weighted by atomic mass is 35.5. The molecule has 0 bridgehead atoms. The molecule has 0 aromatic rings. The van der Waals surface area contributed by atoms with Gasteiger partial charge in [0.1, 0.15) is 0 Å². The molecule has 0 atom stereocenters. The van der Waals surface area contributed by atoms with Crippen molar-refractivity contribution in [2.45, 2.75) is 18.8 Å². The Balaban J connectivity index is 3.74. The van der Waals surface area contributed by atoms with Crippen LogP contribution >= 0.6 is 11.6 Å². The molecule has 0 aliphatic heterocycles. The van der Waals surface area contributed by atoms with Gasteiger partial charge in [0, 0.05) is 6.42 Å². The zero-order chi connectivity index (χ0) is 8.20. The first-order valence-electron chi connectivity index (χ1n) is 2.60. The van der Waals surface area contributed by atoms with E-state index in [1.807, 2.05) is 0 Å². The number of hydrogen-bond acceptors (Lipinski definition) is 1. The van der Waals surface area contributed by atoms with Gasteiger partial charge in [-0.1, -0.05) is 0 Å². The number of hydrogen-bond donors (Lipinski definition) is 0. The standard InChI is InChI=1S/C5H6ClF3O/c6-4(10)3-5(8,9)1-2-7/h1-3H2. The molecule has 0 unspecified atom stereocenters. The van der Waals surface area contributed by atoms with Crippen LogP contribution in [0.25, 0.3) is 0 Å². The van der Waals surface area contributed by atoms with Gasteiger partial charge in [-0.05, 0) is 11.6 Å². The maximum absolute atomic E-state index is 12.1. The summed E-state index contributed by atoms with van der Waals surface area (Å²) >= 11 is 4.66. The first-order chi connectivity index (χ1) is 4.48. The second-order valence-electron chi connectivity index (χ2n) is 1.83. The van der Waals surface area contributed by atoms with Crippen LogP contribution in [0.5, 0.6) is 0 Å². The molecule has 1 nitrogen and oxygen atoms in total. The quantitative estimate of drug-likeness (QED) is 0.597. The Kier molecular flexibility index (Phi) is 3.71. The van der Waals surface area contributed by atoms with Gasteiger partial charge in [0.2, 0.25) is 5.24 Å². The highest BCUT2D eigenvalue weighted by molar-refractivity contribution is 6.63. The number of halogens is 4. The Morgan fingerprint density at radius 1 is 1.50 bits per heavy atom. The lowest BCUT2D eigenvalue weighted by Crippen LogP contribution is -2.19. The van der Waals surface area contributed by atoms with Crippen molar-refractivity contribution in [3.05, 3.63) is 0 Å². The number of carbonyl (C=O) groups is 1. The molecular formula is C5H6ClF3O. The molecule has 0 aliphatic rings. The molecule has 0 aromatic heterocycles. The summed E-state index contributed by atoms with van der Waals surface area (Å²) in [7, 11) is 0. The van der Waals surface area contributed by atoms with Gasteiger partial charge in [0.15, 0.2) is 0 Å². The van der Waals surface area contributed by atoms with Gasteiger partial charge in [-0.3, -0.25) is 9.18 Å². The van der Waals surface area contributed by atoms with E-state index in [0.29, 0.717) is 0 Å². The molecule has 60 valence electrons. The molecule has 0 amide bonds. The van der Waals surface area contributed by atoms with Crippen molar-refractivity contribution < 1.29 is 18.0 Å². The highest BCUT2D eigenvalue weighted by Crippen LogP contribution is 2.23. The lowest BCUT2D eigenvalue weighted by atomic mass is 10.2. The van der Waals surface area contributed by atoms with Gasteiger partial charge in [-0.25, -0.2) is 8.78 Å². The summed E-state index contributed by atoms with van der Waals surface area (Å²) in [4.78, 5) is 9.90. The van der Waals surface area contributed by atoms with E-state index < -0.39 is 30.7 Å². The van der Waals surface area contributed by atoms with E-state index in [1.54, 1.807) is 0 Å². The molecule has 0 heterocycles. The van der Waals surface area contributed by atoms with Gasteiger partial charge >= 0.3 is 0 Å². The largest absolute Gasteiger partial charge is 0.281 e. The minimum Gasteiger partial charge on any atom is -0.281 e. The summed E-state index contributed by atoms with van der Waals surface area (Å²) < 4.78 is 35.6. The zero-order valence-electron chi connectivity index (χ0n) is 5.04. The Labute approximate surface area is 61.2 Å². The Hall–Kier alpha value is -0.250. The predicted octanol–water partition coefficient (Wildman–Crippen LogP) is 2.14. The van der Waals surface area contributed by atoms with E-state index >= 15 is 0 Å². The van der Waals surface area contributed by atoms with E-state index in [0.717, 1.165) is 0 Å². The van der Waals surface area contributed by atoms with Gasteiger partial charge in [0.05, 0.1) is 13.1 Å². The average Bonchev–Trinajstić information content (AvgIpc) is 1.59. The van der Waals surface area contributed by atoms with Crippen LogP contribution in [0.15, 0.2) is 0 Å². The lowest BCUT2D eigenvalue weighted by Gasteiger charge is -2.10. The maximum Gasteiger partial charge on any atom is 0.258 e. The van der Waals surface area contributed by atoms with Crippen molar-refractivity contribution >= 4 is 16.8 Å². The topological polar surface area (TPSA) is 17.1 Å². The highest BCUT2D eigenvalue weighted by Gasteiger charge is 2.30. The van der Waals surface area contributed by atoms with E-state index in [1.165, 1.54) is 0 Å². The SMILES string of the molecule is O=C(Cl)CC(F)(F)CCF. The fraction of sp³-hybridized carbons (Fsp3) is 0.800.